The lowest BCUT2D eigenvalue weighted by Crippen LogP contribution is -2.24. The molecule has 0 bridgehead atoms. The molecule has 1 rings (SSSR count). The molecule has 2 atom stereocenters. The zero-order chi connectivity index (χ0) is 10.6. The molecule has 0 aliphatic rings. The van der Waals surface area contributed by atoms with E-state index in [1.165, 1.54) is 0 Å². The maximum atomic E-state index is 9.41. The van der Waals surface area contributed by atoms with Crippen molar-refractivity contribution in [2.24, 2.45) is 11.5 Å². The number of benzene rings is 1. The number of rotatable bonds is 4. The number of nitrogens with two attached hydrogens (primary N) is 2. The molecule has 0 radical (unpaired) electrons. The normalized spacial score (nSPS) is 15.1. The highest BCUT2D eigenvalue weighted by Crippen LogP contribution is 2.19. The summed E-state index contributed by atoms with van der Waals surface area (Å²) >= 11 is 0. The second kappa shape index (κ2) is 5.10. The molecule has 0 aromatic heterocycles. The molecule has 0 fully saturated rings. The number of aliphatic hydroxyl groups is 1. The van der Waals surface area contributed by atoms with Gasteiger partial charge in [-0.15, -0.1) is 0 Å². The molecule has 0 aliphatic carbocycles. The van der Waals surface area contributed by atoms with Crippen LogP contribution in [0, 0.1) is 0 Å². The lowest BCUT2D eigenvalue weighted by molar-refractivity contribution is 0.164. The minimum Gasteiger partial charge on any atom is -0.391 e. The van der Waals surface area contributed by atoms with Crippen molar-refractivity contribution in [1.29, 1.82) is 0 Å². The molecule has 0 spiro atoms. The van der Waals surface area contributed by atoms with Crippen molar-refractivity contribution in [3.05, 3.63) is 35.4 Å². The average molecular weight is 194 g/mol. The van der Waals surface area contributed by atoms with Gasteiger partial charge in [0.05, 0.1) is 12.1 Å². The minimum atomic E-state index is -0.533. The van der Waals surface area contributed by atoms with Crippen molar-refractivity contribution in [3.63, 3.8) is 0 Å². The van der Waals surface area contributed by atoms with Crippen molar-refractivity contribution < 1.29 is 5.11 Å². The molecule has 0 saturated carbocycles. The summed E-state index contributed by atoms with van der Waals surface area (Å²) in [6.07, 6.45) is 0.269. The lowest BCUT2D eigenvalue weighted by Gasteiger charge is -2.18. The summed E-state index contributed by atoms with van der Waals surface area (Å²) in [5.74, 6) is 0. The molecule has 0 saturated heterocycles. The summed E-state index contributed by atoms with van der Waals surface area (Å²) in [6.45, 7) is 2.30. The monoisotopic (exact) mass is 194 g/mol. The van der Waals surface area contributed by atoms with Crippen molar-refractivity contribution in [2.45, 2.75) is 25.5 Å². The fourth-order valence-electron chi connectivity index (χ4n) is 1.50. The van der Waals surface area contributed by atoms with Crippen LogP contribution in [-0.2, 0) is 6.42 Å². The van der Waals surface area contributed by atoms with Crippen molar-refractivity contribution in [3.8, 4) is 0 Å². The van der Waals surface area contributed by atoms with E-state index < -0.39 is 6.10 Å². The van der Waals surface area contributed by atoms with Crippen LogP contribution in [0.25, 0.3) is 0 Å². The Morgan fingerprint density at radius 3 is 2.57 bits per heavy atom. The first-order valence-corrected chi connectivity index (χ1v) is 4.88. The van der Waals surface area contributed by atoms with E-state index >= 15 is 0 Å². The number of hydrogen-bond acceptors (Lipinski definition) is 3. The van der Waals surface area contributed by atoms with Crippen LogP contribution in [0.4, 0.5) is 0 Å². The minimum absolute atomic E-state index is 0.322. The maximum absolute atomic E-state index is 9.41. The summed E-state index contributed by atoms with van der Waals surface area (Å²) in [7, 11) is 0. The number of aliphatic hydroxyl groups excluding tert-OH is 1. The molecule has 14 heavy (non-hydrogen) atoms. The Kier molecular flexibility index (Phi) is 4.07. The van der Waals surface area contributed by atoms with Gasteiger partial charge < -0.3 is 16.6 Å². The Morgan fingerprint density at radius 2 is 2.00 bits per heavy atom. The molecule has 3 heteroatoms. The van der Waals surface area contributed by atoms with E-state index in [0.717, 1.165) is 17.5 Å². The van der Waals surface area contributed by atoms with Crippen LogP contribution in [0.2, 0.25) is 0 Å². The van der Waals surface area contributed by atoms with Crippen molar-refractivity contribution in [2.75, 3.05) is 6.54 Å². The SMILES string of the molecule is C[C@H](O)[C@H](N)c1ccccc1CCN. The van der Waals surface area contributed by atoms with Gasteiger partial charge in [-0.2, -0.15) is 0 Å². The van der Waals surface area contributed by atoms with Crippen LogP contribution in [0.1, 0.15) is 24.1 Å². The predicted octanol–water partition coefficient (Wildman–Crippen LogP) is 0.568. The van der Waals surface area contributed by atoms with E-state index in [-0.39, 0.29) is 6.04 Å². The summed E-state index contributed by atoms with van der Waals surface area (Å²) in [5, 5.41) is 9.41. The van der Waals surface area contributed by atoms with Gasteiger partial charge in [-0.3, -0.25) is 0 Å². The van der Waals surface area contributed by atoms with Gasteiger partial charge in [-0.05, 0) is 31.0 Å². The Balaban J connectivity index is 2.94. The zero-order valence-electron chi connectivity index (χ0n) is 8.48. The van der Waals surface area contributed by atoms with Crippen molar-refractivity contribution in [1.82, 2.24) is 0 Å². The number of hydrogen-bond donors (Lipinski definition) is 3. The Hall–Kier alpha value is -0.900. The highest BCUT2D eigenvalue weighted by Gasteiger charge is 2.14. The highest BCUT2D eigenvalue weighted by molar-refractivity contribution is 5.30. The van der Waals surface area contributed by atoms with E-state index in [0.29, 0.717) is 6.54 Å². The third-order valence-electron chi connectivity index (χ3n) is 2.35. The summed E-state index contributed by atoms with van der Waals surface area (Å²) in [6, 6.07) is 7.52. The second-order valence-electron chi connectivity index (χ2n) is 3.50. The van der Waals surface area contributed by atoms with Gasteiger partial charge >= 0.3 is 0 Å². The van der Waals surface area contributed by atoms with Gasteiger partial charge in [0.1, 0.15) is 0 Å². The first-order valence-electron chi connectivity index (χ1n) is 4.88. The Morgan fingerprint density at radius 1 is 1.36 bits per heavy atom. The van der Waals surface area contributed by atoms with Gasteiger partial charge in [0, 0.05) is 0 Å². The van der Waals surface area contributed by atoms with Crippen LogP contribution in [0.5, 0.6) is 0 Å². The van der Waals surface area contributed by atoms with Gasteiger partial charge in [0.15, 0.2) is 0 Å². The van der Waals surface area contributed by atoms with Crippen LogP contribution in [-0.4, -0.2) is 17.8 Å². The molecule has 78 valence electrons. The van der Waals surface area contributed by atoms with Gasteiger partial charge in [0.2, 0.25) is 0 Å². The van der Waals surface area contributed by atoms with Gasteiger partial charge in [-0.1, -0.05) is 24.3 Å². The highest BCUT2D eigenvalue weighted by atomic mass is 16.3. The van der Waals surface area contributed by atoms with E-state index in [1.807, 2.05) is 24.3 Å². The Labute approximate surface area is 84.7 Å². The zero-order valence-corrected chi connectivity index (χ0v) is 8.48. The fraction of sp³-hybridized carbons (Fsp3) is 0.455. The van der Waals surface area contributed by atoms with Crippen LogP contribution >= 0.6 is 0 Å². The molecular formula is C11H18N2O. The molecule has 1 aromatic carbocycles. The summed E-state index contributed by atoms with van der Waals surface area (Å²) in [5.41, 5.74) is 13.5. The smallest absolute Gasteiger partial charge is 0.0704 e. The summed E-state index contributed by atoms with van der Waals surface area (Å²) < 4.78 is 0. The van der Waals surface area contributed by atoms with Gasteiger partial charge in [0.25, 0.3) is 0 Å². The molecule has 5 N–H and O–H groups in total. The van der Waals surface area contributed by atoms with Crippen molar-refractivity contribution >= 4 is 0 Å². The lowest BCUT2D eigenvalue weighted by atomic mass is 9.96. The fourth-order valence-corrected chi connectivity index (χ4v) is 1.50. The largest absolute Gasteiger partial charge is 0.391 e. The second-order valence-corrected chi connectivity index (χ2v) is 3.50. The standard InChI is InChI=1S/C11H18N2O/c1-8(14)11(13)10-5-3-2-4-9(10)6-7-12/h2-5,8,11,14H,6-7,12-13H2,1H3/t8-,11-/m0/s1. The molecule has 0 unspecified atom stereocenters. The molecule has 0 amide bonds. The molecule has 1 aromatic rings. The molecule has 0 aliphatic heterocycles. The van der Waals surface area contributed by atoms with Crippen LogP contribution in [0.15, 0.2) is 24.3 Å². The van der Waals surface area contributed by atoms with E-state index in [2.05, 4.69) is 0 Å². The van der Waals surface area contributed by atoms with Gasteiger partial charge in [-0.25, -0.2) is 0 Å². The summed E-state index contributed by atoms with van der Waals surface area (Å²) in [4.78, 5) is 0. The topological polar surface area (TPSA) is 72.3 Å². The quantitative estimate of drug-likeness (QED) is 0.656. The first-order chi connectivity index (χ1) is 6.66. The molecule has 0 heterocycles. The average Bonchev–Trinajstić information content (AvgIpc) is 2.18. The van der Waals surface area contributed by atoms with E-state index in [1.54, 1.807) is 6.92 Å². The van der Waals surface area contributed by atoms with E-state index in [4.69, 9.17) is 11.5 Å². The van der Waals surface area contributed by atoms with E-state index in [9.17, 15) is 5.11 Å². The van der Waals surface area contributed by atoms with Crippen LogP contribution in [0.3, 0.4) is 0 Å². The third kappa shape index (κ3) is 2.54. The maximum Gasteiger partial charge on any atom is 0.0704 e. The molecule has 3 nitrogen and oxygen atoms in total. The third-order valence-corrected chi connectivity index (χ3v) is 2.35. The Bertz CT molecular complexity index is 286. The predicted molar refractivity (Wildman–Crippen MR) is 57.8 cm³/mol. The molecular weight excluding hydrogens is 176 g/mol. The van der Waals surface area contributed by atoms with Crippen LogP contribution < -0.4 is 11.5 Å². The first kappa shape index (κ1) is 11.2.